The van der Waals surface area contributed by atoms with Crippen LogP contribution in [-0.4, -0.2) is 31.4 Å². The Morgan fingerprint density at radius 2 is 1.77 bits per heavy atom. The summed E-state index contributed by atoms with van der Waals surface area (Å²) in [4.78, 5) is 16.7. The largest absolute Gasteiger partial charge is 0.489 e. The molecule has 4 rings (SSSR count). The lowest BCUT2D eigenvalue weighted by atomic mass is 10.0. The quantitative estimate of drug-likeness (QED) is 0.304. The molecular weight excluding hydrogens is 458 g/mol. The van der Waals surface area contributed by atoms with Crippen LogP contribution in [0.1, 0.15) is 49.4 Å². The van der Waals surface area contributed by atoms with E-state index in [0.717, 1.165) is 22.6 Å². The van der Waals surface area contributed by atoms with Crippen LogP contribution in [0.2, 0.25) is 0 Å². The second-order valence-corrected chi connectivity index (χ2v) is 9.47. The van der Waals surface area contributed by atoms with E-state index in [-0.39, 0.29) is 17.7 Å². The minimum atomic E-state index is -0.128. The summed E-state index contributed by atoms with van der Waals surface area (Å²) < 4.78 is 7.71. The Morgan fingerprint density at radius 1 is 1.03 bits per heavy atom. The van der Waals surface area contributed by atoms with E-state index in [0.29, 0.717) is 17.7 Å². The van der Waals surface area contributed by atoms with Crippen LogP contribution in [0.5, 0.6) is 5.75 Å². The van der Waals surface area contributed by atoms with E-state index in [2.05, 4.69) is 58.6 Å². The van der Waals surface area contributed by atoms with Gasteiger partial charge in [0.1, 0.15) is 18.7 Å². The van der Waals surface area contributed by atoms with Gasteiger partial charge in [0.2, 0.25) is 5.91 Å². The highest BCUT2D eigenvalue weighted by atomic mass is 32.2. The van der Waals surface area contributed by atoms with Gasteiger partial charge in [0.25, 0.3) is 0 Å². The Labute approximate surface area is 210 Å². The minimum Gasteiger partial charge on any atom is -0.489 e. The topological polar surface area (TPSA) is 81.9 Å². The highest BCUT2D eigenvalue weighted by molar-refractivity contribution is 7.99. The van der Waals surface area contributed by atoms with Crippen LogP contribution in [0.4, 0.5) is 0 Å². The van der Waals surface area contributed by atoms with Crippen molar-refractivity contribution in [1.29, 1.82) is 0 Å². The van der Waals surface area contributed by atoms with Gasteiger partial charge < -0.3 is 10.1 Å². The van der Waals surface area contributed by atoms with Gasteiger partial charge in [-0.2, -0.15) is 0 Å². The van der Waals surface area contributed by atoms with Crippen molar-refractivity contribution in [2.24, 2.45) is 0 Å². The number of thioether (sulfide) groups is 1. The molecule has 1 amide bonds. The first-order chi connectivity index (χ1) is 17.0. The number of amides is 1. The molecule has 8 heteroatoms. The predicted octanol–water partition coefficient (Wildman–Crippen LogP) is 5.33. The van der Waals surface area contributed by atoms with Gasteiger partial charge in [0.05, 0.1) is 11.8 Å². The molecule has 0 bridgehead atoms. The molecule has 0 aliphatic heterocycles. The Balaban J connectivity index is 1.28. The number of hydrogen-bond acceptors (Lipinski definition) is 6. The zero-order valence-electron chi connectivity index (χ0n) is 20.1. The first-order valence-electron chi connectivity index (χ1n) is 11.5. The normalized spacial score (nSPS) is 11.9. The van der Waals surface area contributed by atoms with E-state index in [1.807, 2.05) is 47.9 Å². The maximum absolute atomic E-state index is 12.6. The zero-order chi connectivity index (χ0) is 24.6. The Bertz CT molecular complexity index is 1220. The summed E-state index contributed by atoms with van der Waals surface area (Å²) >= 11 is 1.36. The number of hydrogen-bond donors (Lipinski definition) is 1. The van der Waals surface area contributed by atoms with Crippen molar-refractivity contribution in [1.82, 2.24) is 25.1 Å². The van der Waals surface area contributed by atoms with Gasteiger partial charge in [-0.3, -0.25) is 14.3 Å². The van der Waals surface area contributed by atoms with Gasteiger partial charge in [-0.15, -0.1) is 10.2 Å². The van der Waals surface area contributed by atoms with Crippen LogP contribution in [-0.2, 0) is 11.4 Å². The summed E-state index contributed by atoms with van der Waals surface area (Å²) in [6, 6.07) is 19.8. The summed E-state index contributed by atoms with van der Waals surface area (Å²) in [7, 11) is 0. The molecule has 2 heterocycles. The summed E-state index contributed by atoms with van der Waals surface area (Å²) in [6.45, 7) is 6.76. The van der Waals surface area contributed by atoms with E-state index in [4.69, 9.17) is 4.74 Å². The fourth-order valence-electron chi connectivity index (χ4n) is 3.52. The summed E-state index contributed by atoms with van der Waals surface area (Å²) in [5.74, 6) is 1.43. The molecule has 2 aromatic heterocycles. The molecular formula is C27H29N5O2S. The van der Waals surface area contributed by atoms with Gasteiger partial charge in [-0.05, 0) is 54.3 Å². The van der Waals surface area contributed by atoms with E-state index in [1.54, 1.807) is 18.7 Å². The van der Waals surface area contributed by atoms with Crippen LogP contribution in [0.15, 0.2) is 84.5 Å². The second kappa shape index (κ2) is 11.7. The number of ether oxygens (including phenoxy) is 1. The molecule has 0 saturated carbocycles. The van der Waals surface area contributed by atoms with Crippen molar-refractivity contribution >= 4 is 17.7 Å². The molecule has 4 aromatic rings. The maximum Gasteiger partial charge on any atom is 0.230 e. The van der Waals surface area contributed by atoms with Crippen molar-refractivity contribution in [3.05, 3.63) is 96.1 Å². The Morgan fingerprint density at radius 3 is 2.46 bits per heavy atom. The number of rotatable bonds is 10. The lowest BCUT2D eigenvalue weighted by Gasteiger charge is -2.15. The summed E-state index contributed by atoms with van der Waals surface area (Å²) in [5, 5.41) is 11.9. The number of carbonyl (C=O) groups is 1. The molecule has 0 spiro atoms. The van der Waals surface area contributed by atoms with Crippen molar-refractivity contribution < 1.29 is 9.53 Å². The number of nitrogens with zero attached hydrogens (tertiary/aromatic N) is 4. The Kier molecular flexibility index (Phi) is 8.15. The van der Waals surface area contributed by atoms with Gasteiger partial charge in [0.15, 0.2) is 5.16 Å². The number of aromatic nitrogens is 4. The summed E-state index contributed by atoms with van der Waals surface area (Å²) in [6.07, 6.45) is 5.20. The molecule has 0 fully saturated rings. The third-order valence-electron chi connectivity index (χ3n) is 5.57. The molecule has 0 aliphatic carbocycles. The van der Waals surface area contributed by atoms with Crippen molar-refractivity contribution in [3.8, 4) is 11.4 Å². The Hall–Kier alpha value is -3.65. The molecule has 0 saturated heterocycles. The van der Waals surface area contributed by atoms with Crippen molar-refractivity contribution in [2.45, 2.75) is 44.5 Å². The lowest BCUT2D eigenvalue weighted by molar-refractivity contribution is -0.119. The van der Waals surface area contributed by atoms with Gasteiger partial charge in [-0.1, -0.05) is 55.9 Å². The van der Waals surface area contributed by atoms with Gasteiger partial charge in [0, 0.05) is 23.6 Å². The highest BCUT2D eigenvalue weighted by Gasteiger charge is 2.13. The standard InChI is InChI=1S/C27H29N5O2S/c1-19(2)22-6-10-24(11-7-22)32-18-29-31-27(32)35-17-26(33)30-20(3)23-8-12-25(13-9-23)34-16-21-5-4-14-28-15-21/h4-15,18-20H,16-17H2,1-3H3,(H,30,33). The third-order valence-corrected chi connectivity index (χ3v) is 6.52. The fraction of sp³-hybridized carbons (Fsp3) is 0.259. The maximum atomic E-state index is 12.6. The molecule has 0 radical (unpaired) electrons. The molecule has 35 heavy (non-hydrogen) atoms. The average molecular weight is 488 g/mol. The lowest BCUT2D eigenvalue weighted by Crippen LogP contribution is -2.28. The van der Waals surface area contributed by atoms with E-state index < -0.39 is 0 Å². The van der Waals surface area contributed by atoms with Gasteiger partial charge in [-0.25, -0.2) is 0 Å². The van der Waals surface area contributed by atoms with Crippen LogP contribution in [0.3, 0.4) is 0 Å². The van der Waals surface area contributed by atoms with Gasteiger partial charge >= 0.3 is 0 Å². The average Bonchev–Trinajstić information content (AvgIpc) is 3.36. The van der Waals surface area contributed by atoms with Crippen LogP contribution >= 0.6 is 11.8 Å². The first kappa shape index (κ1) is 24.5. The monoisotopic (exact) mass is 487 g/mol. The number of nitrogens with one attached hydrogen (secondary N) is 1. The zero-order valence-corrected chi connectivity index (χ0v) is 20.9. The number of pyridine rings is 1. The van der Waals surface area contributed by atoms with E-state index in [9.17, 15) is 4.79 Å². The molecule has 1 N–H and O–H groups in total. The molecule has 1 unspecified atom stereocenters. The summed E-state index contributed by atoms with van der Waals surface area (Å²) in [5.41, 5.74) is 4.27. The third kappa shape index (κ3) is 6.70. The minimum absolute atomic E-state index is 0.0656. The van der Waals surface area contributed by atoms with Crippen LogP contribution in [0, 0.1) is 0 Å². The van der Waals surface area contributed by atoms with Crippen LogP contribution in [0.25, 0.3) is 5.69 Å². The first-order valence-corrected chi connectivity index (χ1v) is 12.5. The van der Waals surface area contributed by atoms with Crippen LogP contribution < -0.4 is 10.1 Å². The smallest absolute Gasteiger partial charge is 0.230 e. The fourth-order valence-corrected chi connectivity index (χ4v) is 4.26. The second-order valence-electron chi connectivity index (χ2n) is 8.53. The SMILES string of the molecule is CC(C)c1ccc(-n2cnnc2SCC(=O)NC(C)c2ccc(OCc3cccnc3)cc2)cc1. The van der Waals surface area contributed by atoms with Crippen molar-refractivity contribution in [2.75, 3.05) is 5.75 Å². The van der Waals surface area contributed by atoms with E-state index >= 15 is 0 Å². The number of carbonyl (C=O) groups excluding carboxylic acids is 1. The molecule has 1 atom stereocenters. The predicted molar refractivity (Wildman–Crippen MR) is 138 cm³/mol. The molecule has 2 aromatic carbocycles. The molecule has 0 aliphatic rings. The molecule has 7 nitrogen and oxygen atoms in total. The number of benzene rings is 2. The van der Waals surface area contributed by atoms with E-state index in [1.165, 1.54) is 17.3 Å². The molecule has 180 valence electrons. The highest BCUT2D eigenvalue weighted by Crippen LogP contribution is 2.23. The van der Waals surface area contributed by atoms with Crippen molar-refractivity contribution in [3.63, 3.8) is 0 Å².